The molecule has 3 aromatic rings. The molecule has 0 N–H and O–H groups in total. The molecule has 6 aliphatic rings. The molecule has 0 aliphatic carbocycles. The first kappa shape index (κ1) is 33.9. The zero-order valence-corrected chi connectivity index (χ0v) is 29.4. The summed E-state index contributed by atoms with van der Waals surface area (Å²) >= 11 is 0. The smallest absolute Gasteiger partial charge is 0.0831 e. The normalized spacial score (nSPS) is 22.9. The van der Waals surface area contributed by atoms with Crippen molar-refractivity contribution in [2.45, 2.75) is 137 Å². The summed E-state index contributed by atoms with van der Waals surface area (Å²) in [5.74, 6) is 0. The average Bonchev–Trinajstić information content (AvgIpc) is 3.91. The van der Waals surface area contributed by atoms with E-state index in [2.05, 4.69) is 57.2 Å². The first-order valence-corrected chi connectivity index (χ1v) is 18.7. The molecule has 3 aromatic carbocycles. The van der Waals surface area contributed by atoms with Crippen LogP contribution >= 0.6 is 0 Å². The molecule has 3 atom stereocenters. The van der Waals surface area contributed by atoms with Crippen molar-refractivity contribution in [1.29, 1.82) is 0 Å². The SMILES string of the molecule is CCCC1OCCc2ccc3c(c21)COC3.CCC[C@@H]1OCCc2ccc3c(c21)COC3.CCC[C@H]1OCCc2ccc3c(c21)COC3. The summed E-state index contributed by atoms with van der Waals surface area (Å²) in [7, 11) is 0. The molecule has 9 rings (SSSR count). The summed E-state index contributed by atoms with van der Waals surface area (Å²) in [6.07, 6.45) is 11.0. The van der Waals surface area contributed by atoms with Gasteiger partial charge in [0.25, 0.3) is 0 Å². The Labute approximate surface area is 287 Å². The summed E-state index contributed by atoms with van der Waals surface area (Å²) < 4.78 is 34.4. The van der Waals surface area contributed by atoms with Gasteiger partial charge in [-0.1, -0.05) is 76.4 Å². The van der Waals surface area contributed by atoms with Gasteiger partial charge >= 0.3 is 0 Å². The Morgan fingerprint density at radius 1 is 0.417 bits per heavy atom. The highest BCUT2D eigenvalue weighted by molar-refractivity contribution is 5.46. The van der Waals surface area contributed by atoms with Gasteiger partial charge in [-0.2, -0.15) is 0 Å². The molecule has 0 bridgehead atoms. The van der Waals surface area contributed by atoms with Crippen molar-refractivity contribution in [1.82, 2.24) is 0 Å². The lowest BCUT2D eigenvalue weighted by Crippen LogP contribution is -2.18. The van der Waals surface area contributed by atoms with Gasteiger partial charge in [0.1, 0.15) is 0 Å². The molecule has 6 nitrogen and oxygen atoms in total. The fourth-order valence-electron chi connectivity index (χ4n) is 8.49. The predicted octanol–water partition coefficient (Wildman–Crippen LogP) is 9.39. The number of ether oxygens (including phenoxy) is 6. The number of hydrogen-bond acceptors (Lipinski definition) is 6. The molecule has 258 valence electrons. The van der Waals surface area contributed by atoms with E-state index in [0.29, 0.717) is 18.3 Å². The minimum atomic E-state index is 0.311. The van der Waals surface area contributed by atoms with E-state index in [1.807, 2.05) is 0 Å². The van der Waals surface area contributed by atoms with Crippen molar-refractivity contribution in [3.05, 3.63) is 103 Å². The van der Waals surface area contributed by atoms with Crippen LogP contribution in [0.3, 0.4) is 0 Å². The van der Waals surface area contributed by atoms with E-state index < -0.39 is 0 Å². The highest BCUT2D eigenvalue weighted by Gasteiger charge is 2.29. The van der Waals surface area contributed by atoms with Crippen molar-refractivity contribution in [2.24, 2.45) is 0 Å². The molecule has 0 saturated heterocycles. The molecule has 1 unspecified atom stereocenters. The number of fused-ring (bicyclic) bond motifs is 9. The number of rotatable bonds is 6. The first-order valence-electron chi connectivity index (χ1n) is 18.7. The van der Waals surface area contributed by atoms with E-state index in [9.17, 15) is 0 Å². The maximum Gasteiger partial charge on any atom is 0.0831 e. The van der Waals surface area contributed by atoms with Crippen LogP contribution in [0.15, 0.2) is 36.4 Å². The summed E-state index contributed by atoms with van der Waals surface area (Å²) in [6, 6.07) is 13.5. The topological polar surface area (TPSA) is 55.4 Å². The van der Waals surface area contributed by atoms with E-state index in [1.54, 1.807) is 0 Å². The third-order valence-corrected chi connectivity index (χ3v) is 10.8. The standard InChI is InChI=1S/3C14H18O2/c3*1-2-3-13-14-10(6-7-16-13)4-5-11-8-15-9-12(11)14/h3*4-5,13H,2-3,6-9H2,1H3/t2*13-;/m10./s1. The van der Waals surface area contributed by atoms with E-state index >= 15 is 0 Å². The molecule has 0 spiro atoms. The minimum Gasteiger partial charge on any atom is -0.373 e. The lowest BCUT2D eigenvalue weighted by Gasteiger charge is -2.28. The molecule has 6 heterocycles. The molecule has 0 fully saturated rings. The van der Waals surface area contributed by atoms with Crippen LogP contribution < -0.4 is 0 Å². The van der Waals surface area contributed by atoms with Gasteiger partial charge in [0, 0.05) is 0 Å². The number of hydrogen-bond donors (Lipinski definition) is 0. The predicted molar refractivity (Wildman–Crippen MR) is 187 cm³/mol. The van der Waals surface area contributed by atoms with Crippen LogP contribution in [0.2, 0.25) is 0 Å². The molecule has 0 radical (unpaired) electrons. The second-order valence-corrected chi connectivity index (χ2v) is 14.0. The van der Waals surface area contributed by atoms with Gasteiger partial charge in [0.15, 0.2) is 0 Å². The van der Waals surface area contributed by atoms with Gasteiger partial charge in [-0.05, 0) is 105 Å². The molecule has 0 saturated carbocycles. The fraction of sp³-hybridized carbons (Fsp3) is 0.571. The maximum absolute atomic E-state index is 5.91. The fourth-order valence-corrected chi connectivity index (χ4v) is 8.49. The highest BCUT2D eigenvalue weighted by atomic mass is 16.5. The van der Waals surface area contributed by atoms with Crippen molar-refractivity contribution in [2.75, 3.05) is 19.8 Å². The second kappa shape index (κ2) is 16.0. The third kappa shape index (κ3) is 7.03. The van der Waals surface area contributed by atoms with Crippen LogP contribution in [0.5, 0.6) is 0 Å². The van der Waals surface area contributed by atoms with Gasteiger partial charge in [-0.15, -0.1) is 0 Å². The van der Waals surface area contributed by atoms with E-state index in [4.69, 9.17) is 28.4 Å². The molecule has 6 aliphatic heterocycles. The largest absolute Gasteiger partial charge is 0.373 e. The van der Waals surface area contributed by atoms with E-state index in [1.165, 1.54) is 86.0 Å². The average molecular weight is 655 g/mol. The Hall–Kier alpha value is -2.58. The Morgan fingerprint density at radius 2 is 0.708 bits per heavy atom. The van der Waals surface area contributed by atoms with Gasteiger partial charge in [-0.3, -0.25) is 0 Å². The van der Waals surface area contributed by atoms with Crippen LogP contribution in [-0.4, -0.2) is 19.8 Å². The summed E-state index contributed by atoms with van der Waals surface area (Å²) in [6.45, 7) is 14.0. The van der Waals surface area contributed by atoms with Crippen LogP contribution in [0.25, 0.3) is 0 Å². The van der Waals surface area contributed by atoms with Gasteiger partial charge < -0.3 is 28.4 Å². The summed E-state index contributed by atoms with van der Waals surface area (Å²) in [5, 5.41) is 0. The molecule has 48 heavy (non-hydrogen) atoms. The van der Waals surface area contributed by atoms with Crippen LogP contribution in [0.1, 0.15) is 144 Å². The van der Waals surface area contributed by atoms with Crippen LogP contribution in [0.4, 0.5) is 0 Å². The lowest BCUT2D eigenvalue weighted by atomic mass is 9.89. The molecular formula is C42H54O6. The third-order valence-electron chi connectivity index (χ3n) is 10.8. The molecule has 0 aromatic heterocycles. The monoisotopic (exact) mass is 654 g/mol. The van der Waals surface area contributed by atoms with Gasteiger partial charge in [0.05, 0.1) is 77.8 Å². The lowest BCUT2D eigenvalue weighted by molar-refractivity contribution is 0.0343. The van der Waals surface area contributed by atoms with Crippen LogP contribution in [-0.2, 0) is 87.3 Å². The summed E-state index contributed by atoms with van der Waals surface area (Å²) in [4.78, 5) is 0. The number of benzene rings is 3. The Balaban J connectivity index is 0.000000114. The van der Waals surface area contributed by atoms with Crippen molar-refractivity contribution < 1.29 is 28.4 Å². The zero-order valence-electron chi connectivity index (χ0n) is 29.4. The Bertz CT molecular complexity index is 1380. The maximum atomic E-state index is 5.91. The summed E-state index contributed by atoms with van der Waals surface area (Å²) in [5.41, 5.74) is 17.1. The zero-order chi connectivity index (χ0) is 32.9. The van der Waals surface area contributed by atoms with Crippen molar-refractivity contribution in [3.8, 4) is 0 Å². The van der Waals surface area contributed by atoms with E-state index in [-0.39, 0.29) is 0 Å². The second-order valence-electron chi connectivity index (χ2n) is 14.0. The van der Waals surface area contributed by atoms with Gasteiger partial charge in [0.2, 0.25) is 0 Å². The highest BCUT2D eigenvalue weighted by Crippen LogP contribution is 2.40. The van der Waals surface area contributed by atoms with Crippen molar-refractivity contribution >= 4 is 0 Å². The van der Waals surface area contributed by atoms with Gasteiger partial charge in [-0.25, -0.2) is 0 Å². The Morgan fingerprint density at radius 3 is 1.00 bits per heavy atom. The molecule has 0 amide bonds. The van der Waals surface area contributed by atoms with Crippen LogP contribution in [0, 0.1) is 0 Å². The van der Waals surface area contributed by atoms with E-state index in [0.717, 1.165) is 98.0 Å². The first-order chi connectivity index (χ1) is 23.7. The molecular weight excluding hydrogens is 600 g/mol. The minimum absolute atomic E-state index is 0.311. The van der Waals surface area contributed by atoms with Crippen molar-refractivity contribution in [3.63, 3.8) is 0 Å². The Kier molecular flexibility index (Phi) is 11.3. The molecule has 6 heteroatoms. The quantitative estimate of drug-likeness (QED) is 0.264.